The van der Waals surface area contributed by atoms with E-state index in [0.29, 0.717) is 30.4 Å². The second-order valence-corrected chi connectivity index (χ2v) is 6.15. The van der Waals surface area contributed by atoms with E-state index in [2.05, 4.69) is 5.32 Å². The Balaban J connectivity index is 1.95. The average Bonchev–Trinajstić information content (AvgIpc) is 2.69. The summed E-state index contributed by atoms with van der Waals surface area (Å²) in [5.41, 5.74) is 1.24. The Morgan fingerprint density at radius 3 is 2.34 bits per heavy atom. The van der Waals surface area contributed by atoms with Gasteiger partial charge in [-0.3, -0.25) is 9.59 Å². The SMILES string of the molecule is CCOc1ccc(/C=C/C(=O)N(C)CC(=O)Nc2ccc(F)cc2)cc1OCC. The van der Waals surface area contributed by atoms with Crippen LogP contribution in [-0.4, -0.2) is 43.5 Å². The van der Waals surface area contributed by atoms with E-state index < -0.39 is 0 Å². The summed E-state index contributed by atoms with van der Waals surface area (Å²) in [6.45, 7) is 4.67. The molecular weight excluding hydrogens is 375 g/mol. The number of carbonyl (C=O) groups excluding carboxylic acids is 2. The summed E-state index contributed by atoms with van der Waals surface area (Å²) in [7, 11) is 1.53. The molecule has 0 aliphatic carbocycles. The van der Waals surface area contributed by atoms with E-state index in [4.69, 9.17) is 9.47 Å². The standard InChI is InChI=1S/C22H25FN2O4/c1-4-28-19-12-6-16(14-20(19)29-5-2)7-13-22(27)25(3)15-21(26)24-18-10-8-17(23)9-11-18/h6-14H,4-5,15H2,1-3H3,(H,24,26)/b13-7+. The second kappa shape index (κ2) is 10.8. The quantitative estimate of drug-likeness (QED) is 0.652. The number of hydrogen-bond acceptors (Lipinski definition) is 4. The number of benzene rings is 2. The molecule has 154 valence electrons. The molecule has 0 aromatic heterocycles. The van der Waals surface area contributed by atoms with Crippen molar-refractivity contribution in [1.82, 2.24) is 4.90 Å². The first-order valence-corrected chi connectivity index (χ1v) is 9.31. The van der Waals surface area contributed by atoms with E-state index in [1.807, 2.05) is 19.9 Å². The van der Waals surface area contributed by atoms with E-state index >= 15 is 0 Å². The number of nitrogens with one attached hydrogen (secondary N) is 1. The third kappa shape index (κ3) is 6.95. The van der Waals surface area contributed by atoms with Gasteiger partial charge >= 0.3 is 0 Å². The van der Waals surface area contributed by atoms with Crippen molar-refractivity contribution in [3.8, 4) is 11.5 Å². The molecule has 0 radical (unpaired) electrons. The van der Waals surface area contributed by atoms with Crippen molar-refractivity contribution in [3.05, 3.63) is 59.9 Å². The Morgan fingerprint density at radius 2 is 1.69 bits per heavy atom. The molecule has 0 spiro atoms. The highest BCUT2D eigenvalue weighted by Crippen LogP contribution is 2.29. The molecule has 2 aromatic rings. The summed E-state index contributed by atoms with van der Waals surface area (Å²) in [5.74, 6) is 0.164. The molecule has 29 heavy (non-hydrogen) atoms. The highest BCUT2D eigenvalue weighted by molar-refractivity contribution is 5.97. The maximum Gasteiger partial charge on any atom is 0.246 e. The van der Waals surface area contributed by atoms with Crippen LogP contribution in [0.15, 0.2) is 48.5 Å². The lowest BCUT2D eigenvalue weighted by atomic mass is 10.2. The lowest BCUT2D eigenvalue weighted by Crippen LogP contribution is -2.33. The Labute approximate surface area is 169 Å². The fourth-order valence-electron chi connectivity index (χ4n) is 2.49. The van der Waals surface area contributed by atoms with Gasteiger partial charge in [-0.05, 0) is 61.9 Å². The van der Waals surface area contributed by atoms with Crippen molar-refractivity contribution in [2.45, 2.75) is 13.8 Å². The van der Waals surface area contributed by atoms with Crippen molar-refractivity contribution in [2.75, 3.05) is 32.1 Å². The first-order valence-electron chi connectivity index (χ1n) is 9.31. The minimum atomic E-state index is -0.387. The highest BCUT2D eigenvalue weighted by Gasteiger charge is 2.11. The molecule has 6 nitrogen and oxygen atoms in total. The van der Waals surface area contributed by atoms with Gasteiger partial charge in [0.25, 0.3) is 0 Å². The van der Waals surface area contributed by atoms with Crippen LogP contribution >= 0.6 is 0 Å². The minimum Gasteiger partial charge on any atom is -0.490 e. The molecule has 1 N–H and O–H groups in total. The molecule has 2 rings (SSSR count). The number of halogens is 1. The molecule has 7 heteroatoms. The van der Waals surface area contributed by atoms with E-state index in [0.717, 1.165) is 5.56 Å². The Kier molecular flexibility index (Phi) is 8.21. The van der Waals surface area contributed by atoms with Crippen LogP contribution in [0, 0.1) is 5.82 Å². The third-order valence-electron chi connectivity index (χ3n) is 3.87. The summed E-state index contributed by atoms with van der Waals surface area (Å²) in [4.78, 5) is 25.6. The van der Waals surface area contributed by atoms with Gasteiger partial charge in [0.15, 0.2) is 11.5 Å². The first-order chi connectivity index (χ1) is 13.9. The van der Waals surface area contributed by atoms with Crippen molar-refractivity contribution in [3.63, 3.8) is 0 Å². The summed E-state index contributed by atoms with van der Waals surface area (Å²) in [5, 5.41) is 2.61. The largest absolute Gasteiger partial charge is 0.490 e. The molecule has 0 unspecified atom stereocenters. The molecule has 2 aromatic carbocycles. The van der Waals surface area contributed by atoms with Crippen LogP contribution in [0.3, 0.4) is 0 Å². The molecule has 2 amide bonds. The van der Waals surface area contributed by atoms with Crippen molar-refractivity contribution < 1.29 is 23.5 Å². The number of hydrogen-bond donors (Lipinski definition) is 1. The van der Waals surface area contributed by atoms with Gasteiger partial charge < -0.3 is 19.7 Å². The van der Waals surface area contributed by atoms with Crippen LogP contribution in [0.2, 0.25) is 0 Å². The second-order valence-electron chi connectivity index (χ2n) is 6.15. The number of rotatable bonds is 9. The van der Waals surface area contributed by atoms with E-state index in [9.17, 15) is 14.0 Å². The molecule has 0 aliphatic rings. The maximum absolute atomic E-state index is 12.9. The maximum atomic E-state index is 12.9. The summed E-state index contributed by atoms with van der Waals surface area (Å²) < 4.78 is 24.0. The van der Waals surface area contributed by atoms with Gasteiger partial charge in [0.05, 0.1) is 19.8 Å². The van der Waals surface area contributed by atoms with Crippen molar-refractivity contribution in [1.29, 1.82) is 0 Å². The molecule has 0 saturated carbocycles. The van der Waals surface area contributed by atoms with Gasteiger partial charge in [-0.25, -0.2) is 4.39 Å². The van der Waals surface area contributed by atoms with Crippen LogP contribution in [0.25, 0.3) is 6.08 Å². The molecule has 0 heterocycles. The normalized spacial score (nSPS) is 10.6. The van der Waals surface area contributed by atoms with Crippen LogP contribution in [0.5, 0.6) is 11.5 Å². The number of amides is 2. The average molecular weight is 400 g/mol. The lowest BCUT2D eigenvalue weighted by Gasteiger charge is -2.15. The van der Waals surface area contributed by atoms with E-state index in [1.165, 1.54) is 42.3 Å². The number of nitrogens with zero attached hydrogens (tertiary/aromatic N) is 1. The van der Waals surface area contributed by atoms with Gasteiger partial charge in [0, 0.05) is 18.8 Å². The Hall–Kier alpha value is -3.35. The van der Waals surface area contributed by atoms with Crippen LogP contribution < -0.4 is 14.8 Å². The fraction of sp³-hybridized carbons (Fsp3) is 0.273. The van der Waals surface area contributed by atoms with Gasteiger partial charge in [0.2, 0.25) is 11.8 Å². The number of likely N-dealkylation sites (N-methyl/N-ethyl adjacent to an activating group) is 1. The van der Waals surface area contributed by atoms with Crippen LogP contribution in [-0.2, 0) is 9.59 Å². The van der Waals surface area contributed by atoms with Gasteiger partial charge in [-0.15, -0.1) is 0 Å². The lowest BCUT2D eigenvalue weighted by molar-refractivity contribution is -0.129. The topological polar surface area (TPSA) is 67.9 Å². The zero-order valence-corrected chi connectivity index (χ0v) is 16.8. The van der Waals surface area contributed by atoms with Gasteiger partial charge in [-0.1, -0.05) is 6.07 Å². The molecule has 0 aliphatic heterocycles. The number of ether oxygens (including phenoxy) is 2. The Morgan fingerprint density at radius 1 is 1.03 bits per heavy atom. The van der Waals surface area contributed by atoms with Gasteiger partial charge in [-0.2, -0.15) is 0 Å². The molecule has 0 bridgehead atoms. The molecular formula is C22H25FN2O4. The number of anilines is 1. The van der Waals surface area contributed by atoms with Crippen molar-refractivity contribution >= 4 is 23.6 Å². The summed E-state index contributed by atoms with van der Waals surface area (Å²) in [6.07, 6.45) is 3.03. The molecule has 0 atom stereocenters. The van der Waals surface area contributed by atoms with Crippen LogP contribution in [0.1, 0.15) is 19.4 Å². The van der Waals surface area contributed by atoms with Gasteiger partial charge in [0.1, 0.15) is 5.82 Å². The summed E-state index contributed by atoms with van der Waals surface area (Å²) in [6, 6.07) is 10.8. The Bertz CT molecular complexity index is 866. The number of carbonyl (C=O) groups is 2. The summed E-state index contributed by atoms with van der Waals surface area (Å²) >= 11 is 0. The van der Waals surface area contributed by atoms with E-state index in [1.54, 1.807) is 18.2 Å². The van der Waals surface area contributed by atoms with Crippen LogP contribution in [0.4, 0.5) is 10.1 Å². The fourth-order valence-corrected chi connectivity index (χ4v) is 2.49. The highest BCUT2D eigenvalue weighted by atomic mass is 19.1. The predicted octanol–water partition coefficient (Wildman–Crippen LogP) is 3.73. The van der Waals surface area contributed by atoms with Crippen molar-refractivity contribution in [2.24, 2.45) is 0 Å². The first kappa shape index (κ1) is 21.9. The smallest absolute Gasteiger partial charge is 0.246 e. The zero-order chi connectivity index (χ0) is 21.2. The third-order valence-corrected chi connectivity index (χ3v) is 3.87. The van der Waals surface area contributed by atoms with E-state index in [-0.39, 0.29) is 24.2 Å². The minimum absolute atomic E-state index is 0.131. The predicted molar refractivity (Wildman–Crippen MR) is 110 cm³/mol. The zero-order valence-electron chi connectivity index (χ0n) is 16.8. The molecule has 0 fully saturated rings. The molecule has 0 saturated heterocycles. The monoisotopic (exact) mass is 400 g/mol.